The van der Waals surface area contributed by atoms with Gasteiger partial charge in [-0.1, -0.05) is 25.4 Å². The molecule has 2 atom stereocenters. The average molecular weight is 320 g/mol. The molecule has 0 spiro atoms. The van der Waals surface area contributed by atoms with Crippen LogP contribution < -0.4 is 9.61 Å². The summed E-state index contributed by atoms with van der Waals surface area (Å²) in [5.74, 6) is -0.0341. The second-order valence-corrected chi connectivity index (χ2v) is 7.82. The number of Topliss-reactive ketones (excluding diaryl/α,β-unsaturated/α-hetero) is 1. The van der Waals surface area contributed by atoms with Crippen LogP contribution in [-0.4, -0.2) is 29.2 Å². The Kier molecular flexibility index (Phi) is 6.21. The van der Waals surface area contributed by atoms with Crippen molar-refractivity contribution in [1.29, 1.82) is 0 Å². The van der Waals surface area contributed by atoms with Crippen molar-refractivity contribution in [2.24, 2.45) is 0 Å². The lowest BCUT2D eigenvalue weighted by Crippen LogP contribution is -2.36. The maximum absolute atomic E-state index is 12.8. The highest BCUT2D eigenvalue weighted by molar-refractivity contribution is 7.58. The van der Waals surface area contributed by atoms with E-state index in [1.165, 1.54) is 0 Å². The minimum atomic E-state index is -3.28. The Balaban J connectivity index is 2.89. The molecule has 7 heteroatoms. The molecule has 0 bridgehead atoms. The van der Waals surface area contributed by atoms with Crippen molar-refractivity contribution in [3.05, 3.63) is 29.3 Å². The van der Waals surface area contributed by atoms with Crippen molar-refractivity contribution in [2.45, 2.75) is 32.5 Å². The highest BCUT2D eigenvalue weighted by Crippen LogP contribution is 2.48. The van der Waals surface area contributed by atoms with Crippen LogP contribution in [0.4, 0.5) is 0 Å². The third-order valence-corrected chi connectivity index (χ3v) is 5.59. The molecule has 2 N–H and O–H groups in total. The molecule has 112 valence electrons. The quantitative estimate of drug-likeness (QED) is 0.756. The molecule has 0 fully saturated rings. The molecule has 0 saturated carbocycles. The molecular formula is C13H19ClNO4P. The van der Waals surface area contributed by atoms with E-state index in [1.807, 2.05) is 0 Å². The number of rotatable bonds is 7. The Labute approximate surface area is 123 Å². The van der Waals surface area contributed by atoms with Gasteiger partial charge in [0.15, 0.2) is 5.78 Å². The van der Waals surface area contributed by atoms with Gasteiger partial charge in [0.25, 0.3) is 0 Å². The molecule has 0 aliphatic carbocycles. The van der Waals surface area contributed by atoms with E-state index in [9.17, 15) is 9.36 Å². The van der Waals surface area contributed by atoms with Gasteiger partial charge in [-0.3, -0.25) is 9.36 Å². The van der Waals surface area contributed by atoms with Crippen molar-refractivity contribution in [1.82, 2.24) is 5.09 Å². The monoisotopic (exact) mass is 319 g/mol. The van der Waals surface area contributed by atoms with Crippen molar-refractivity contribution in [3.63, 3.8) is 0 Å². The Morgan fingerprint density at radius 1 is 1.35 bits per heavy atom. The summed E-state index contributed by atoms with van der Waals surface area (Å²) in [6.07, 6.45) is 0. The van der Waals surface area contributed by atoms with Crippen molar-refractivity contribution in [3.8, 4) is 5.75 Å². The summed E-state index contributed by atoms with van der Waals surface area (Å²) in [6.45, 7) is 4.41. The molecule has 20 heavy (non-hydrogen) atoms. The Morgan fingerprint density at radius 2 is 1.90 bits per heavy atom. The normalized spacial score (nSPS) is 15.7. The molecule has 5 nitrogen and oxygen atoms in total. The van der Waals surface area contributed by atoms with Crippen molar-refractivity contribution < 1.29 is 19.0 Å². The zero-order valence-corrected chi connectivity index (χ0v) is 13.3. The van der Waals surface area contributed by atoms with Crippen LogP contribution in [0.3, 0.4) is 0 Å². The maximum Gasteiger partial charge on any atom is 0.319 e. The molecule has 1 aromatic rings. The van der Waals surface area contributed by atoms with E-state index in [0.29, 0.717) is 10.8 Å². The van der Waals surface area contributed by atoms with Gasteiger partial charge in [0.1, 0.15) is 12.4 Å². The molecule has 1 aromatic carbocycles. The summed E-state index contributed by atoms with van der Waals surface area (Å²) in [5, 5.41) is 12.1. The summed E-state index contributed by atoms with van der Waals surface area (Å²) in [6, 6.07) is 5.73. The number of aliphatic hydroxyl groups excluding tert-OH is 1. The van der Waals surface area contributed by atoms with Crippen LogP contribution in [-0.2, 0) is 9.36 Å². The molecular weight excluding hydrogens is 301 g/mol. The van der Waals surface area contributed by atoms with E-state index in [1.54, 1.807) is 45.0 Å². The maximum atomic E-state index is 12.8. The van der Waals surface area contributed by atoms with Gasteiger partial charge in [-0.2, -0.15) is 0 Å². The average Bonchev–Trinajstić information content (AvgIpc) is 2.40. The zero-order chi connectivity index (χ0) is 15.3. The number of aliphatic hydroxyl groups is 1. The molecule has 0 heterocycles. The third-order valence-electron chi connectivity index (χ3n) is 2.75. The van der Waals surface area contributed by atoms with E-state index in [2.05, 4.69) is 5.09 Å². The van der Waals surface area contributed by atoms with E-state index in [-0.39, 0.29) is 5.66 Å². The van der Waals surface area contributed by atoms with Crippen molar-refractivity contribution in [2.75, 3.05) is 6.61 Å². The Morgan fingerprint density at radius 3 is 2.35 bits per heavy atom. The minimum Gasteiger partial charge on any atom is -0.432 e. The van der Waals surface area contributed by atoms with Gasteiger partial charge in [-0.05, 0) is 31.2 Å². The second-order valence-electron chi connectivity index (χ2n) is 4.71. The van der Waals surface area contributed by atoms with Crippen LogP contribution in [0.25, 0.3) is 0 Å². The molecule has 1 unspecified atom stereocenters. The number of halogens is 1. The van der Waals surface area contributed by atoms with Gasteiger partial charge in [-0.25, -0.2) is 5.09 Å². The molecule has 0 aliphatic rings. The lowest BCUT2D eigenvalue weighted by Gasteiger charge is -2.26. The molecule has 0 aromatic heterocycles. The van der Waals surface area contributed by atoms with E-state index in [0.717, 1.165) is 0 Å². The fourth-order valence-electron chi connectivity index (χ4n) is 1.41. The number of nitrogens with one attached hydrogen (secondary N) is 1. The van der Waals surface area contributed by atoms with E-state index < -0.39 is 26.0 Å². The molecule has 0 aliphatic heterocycles. The number of carbonyl (C=O) groups excluding carboxylic acids is 1. The highest BCUT2D eigenvalue weighted by atomic mass is 35.5. The van der Waals surface area contributed by atoms with Crippen LogP contribution in [0.2, 0.25) is 5.02 Å². The summed E-state index contributed by atoms with van der Waals surface area (Å²) in [4.78, 5) is 11.4. The highest BCUT2D eigenvalue weighted by Gasteiger charge is 2.32. The lowest BCUT2D eigenvalue weighted by atomic mass is 10.2. The number of carbonyl (C=O) groups is 1. The van der Waals surface area contributed by atoms with E-state index >= 15 is 0 Å². The van der Waals surface area contributed by atoms with E-state index in [4.69, 9.17) is 21.2 Å². The predicted octanol–water partition coefficient (Wildman–Crippen LogP) is 2.86. The first-order valence-electron chi connectivity index (χ1n) is 6.24. The molecule has 0 radical (unpaired) electrons. The topological polar surface area (TPSA) is 75.6 Å². The van der Waals surface area contributed by atoms with Crippen molar-refractivity contribution >= 4 is 24.9 Å². The number of hydrogen-bond donors (Lipinski definition) is 2. The smallest absolute Gasteiger partial charge is 0.319 e. The summed E-state index contributed by atoms with van der Waals surface area (Å²) >= 11 is 5.78. The SMILES string of the molecule is CC(C)P(=O)(N[C@@H](C)C(=O)CO)Oc1ccc(Cl)cc1. The van der Waals surface area contributed by atoms with Crippen LogP contribution in [0, 0.1) is 0 Å². The first-order chi connectivity index (χ1) is 9.28. The number of ketones is 1. The second kappa shape index (κ2) is 7.23. The molecule has 0 amide bonds. The minimum absolute atomic E-state index is 0.327. The van der Waals surface area contributed by atoms with Crippen LogP contribution in [0.5, 0.6) is 5.75 Å². The third kappa shape index (κ3) is 4.60. The van der Waals surface area contributed by atoms with Gasteiger partial charge in [0, 0.05) is 5.02 Å². The van der Waals surface area contributed by atoms with Gasteiger partial charge in [0.2, 0.25) is 0 Å². The standard InChI is InChI=1S/C13H19ClNO4P/c1-9(2)20(18,15-10(3)13(17)8-16)19-12-6-4-11(14)5-7-12/h4-7,9-10,16H,8H2,1-3H3,(H,15,18)/t10-,20?/m0/s1. The first-order valence-corrected chi connectivity index (χ1v) is 8.32. The fraction of sp³-hybridized carbons (Fsp3) is 0.462. The largest absolute Gasteiger partial charge is 0.432 e. The first kappa shape index (κ1) is 17.2. The van der Waals surface area contributed by atoms with Crippen LogP contribution in [0.15, 0.2) is 24.3 Å². The van der Waals surface area contributed by atoms with Crippen LogP contribution in [0.1, 0.15) is 20.8 Å². The fourth-order valence-corrected chi connectivity index (χ4v) is 3.22. The van der Waals surface area contributed by atoms with Gasteiger partial charge < -0.3 is 9.63 Å². The predicted molar refractivity (Wildman–Crippen MR) is 79.5 cm³/mol. The Bertz CT molecular complexity index is 504. The number of hydrogen-bond acceptors (Lipinski definition) is 4. The Hall–Kier alpha value is -0.870. The molecule has 1 rings (SSSR count). The van der Waals surface area contributed by atoms with Gasteiger partial charge >= 0.3 is 7.52 Å². The van der Waals surface area contributed by atoms with Crippen LogP contribution >= 0.6 is 19.1 Å². The lowest BCUT2D eigenvalue weighted by molar-refractivity contribution is -0.123. The summed E-state index contributed by atoms with van der Waals surface area (Å²) in [5.41, 5.74) is -0.327. The molecule has 0 saturated heterocycles. The summed E-state index contributed by atoms with van der Waals surface area (Å²) in [7, 11) is -3.28. The number of benzene rings is 1. The van der Waals surface area contributed by atoms with Gasteiger partial charge in [-0.15, -0.1) is 0 Å². The summed E-state index contributed by atoms with van der Waals surface area (Å²) < 4.78 is 18.3. The zero-order valence-electron chi connectivity index (χ0n) is 11.7. The van der Waals surface area contributed by atoms with Gasteiger partial charge in [0.05, 0.1) is 11.7 Å².